The van der Waals surface area contributed by atoms with Crippen LogP contribution >= 0.6 is 11.3 Å². The van der Waals surface area contributed by atoms with E-state index >= 15 is 0 Å². The third-order valence-electron chi connectivity index (χ3n) is 4.40. The molecule has 0 aliphatic heterocycles. The van der Waals surface area contributed by atoms with E-state index in [4.69, 9.17) is 0 Å². The average Bonchev–Trinajstić information content (AvgIpc) is 3.05. The normalized spacial score (nSPS) is 10.9. The molecule has 3 rings (SSSR count). The Kier molecular flexibility index (Phi) is 6.26. The van der Waals surface area contributed by atoms with Crippen molar-refractivity contribution in [2.24, 2.45) is 0 Å². The van der Waals surface area contributed by atoms with Crippen LogP contribution < -0.4 is 20.1 Å². The predicted octanol–water partition coefficient (Wildman–Crippen LogP) is 2.45. The highest BCUT2D eigenvalue weighted by atomic mass is 32.1. The van der Waals surface area contributed by atoms with E-state index in [-0.39, 0.29) is 17.0 Å². The van der Waals surface area contributed by atoms with Crippen LogP contribution in [0.25, 0.3) is 17.3 Å². The standard InChI is InChI=1S/C23H18N4O2S/c1-3-17-6-4-5-7-20(17)27-22(29)21(30-23(27)18(13-24)14-25)12-16-8-10-19(11-9-16)26-15(2)28/h4-12H,3H2,1-2H3,(H,26,28)/b21-12+. The molecule has 0 spiro atoms. The number of aryl methyl sites for hydroxylation is 1. The van der Waals surface area contributed by atoms with E-state index in [1.165, 1.54) is 11.5 Å². The number of aromatic nitrogens is 1. The number of hydrogen-bond acceptors (Lipinski definition) is 5. The Morgan fingerprint density at radius 2 is 1.80 bits per heavy atom. The number of nitrogens with zero attached hydrogens (tertiary/aromatic N) is 3. The molecule has 0 fully saturated rings. The minimum Gasteiger partial charge on any atom is -0.326 e. The molecule has 0 unspecified atom stereocenters. The quantitative estimate of drug-likeness (QED) is 0.709. The molecule has 30 heavy (non-hydrogen) atoms. The monoisotopic (exact) mass is 414 g/mol. The van der Waals surface area contributed by atoms with Crippen molar-refractivity contribution >= 4 is 34.6 Å². The summed E-state index contributed by atoms with van der Waals surface area (Å²) in [4.78, 5) is 24.4. The molecule has 0 saturated carbocycles. The van der Waals surface area contributed by atoms with E-state index in [9.17, 15) is 20.1 Å². The fourth-order valence-corrected chi connectivity index (χ4v) is 4.08. The van der Waals surface area contributed by atoms with Gasteiger partial charge in [0.15, 0.2) is 5.57 Å². The van der Waals surface area contributed by atoms with Gasteiger partial charge < -0.3 is 5.32 Å². The molecule has 1 heterocycles. The van der Waals surface area contributed by atoms with Crippen LogP contribution in [0.4, 0.5) is 5.69 Å². The number of carbonyl (C=O) groups excluding carboxylic acids is 1. The minimum atomic E-state index is -0.287. The number of nitrogens with one attached hydrogen (secondary N) is 1. The first-order valence-corrected chi connectivity index (χ1v) is 10.0. The summed E-state index contributed by atoms with van der Waals surface area (Å²) in [5.74, 6) is -0.164. The number of nitriles is 2. The summed E-state index contributed by atoms with van der Waals surface area (Å²) >= 11 is 1.11. The number of thiazole rings is 1. The van der Waals surface area contributed by atoms with Crippen LogP contribution in [0.3, 0.4) is 0 Å². The molecule has 0 aliphatic carbocycles. The van der Waals surface area contributed by atoms with Crippen LogP contribution in [0.5, 0.6) is 0 Å². The van der Waals surface area contributed by atoms with Crippen molar-refractivity contribution in [2.75, 3.05) is 5.32 Å². The zero-order chi connectivity index (χ0) is 21.7. The Morgan fingerprint density at radius 1 is 1.13 bits per heavy atom. The largest absolute Gasteiger partial charge is 0.326 e. The van der Waals surface area contributed by atoms with Gasteiger partial charge in [0, 0.05) is 12.6 Å². The van der Waals surface area contributed by atoms with Gasteiger partial charge in [-0.05, 0) is 41.8 Å². The van der Waals surface area contributed by atoms with Crippen molar-refractivity contribution in [3.8, 4) is 17.8 Å². The topological polar surface area (TPSA) is 98.7 Å². The Bertz CT molecular complexity index is 1350. The highest BCUT2D eigenvalue weighted by Crippen LogP contribution is 2.13. The van der Waals surface area contributed by atoms with Crippen LogP contribution in [-0.4, -0.2) is 10.5 Å². The van der Waals surface area contributed by atoms with Crippen molar-refractivity contribution in [1.29, 1.82) is 10.5 Å². The number of para-hydroxylation sites is 1. The van der Waals surface area contributed by atoms with Gasteiger partial charge in [0.1, 0.15) is 16.8 Å². The average molecular weight is 414 g/mol. The smallest absolute Gasteiger partial charge is 0.273 e. The van der Waals surface area contributed by atoms with Crippen molar-refractivity contribution in [3.05, 3.63) is 79.2 Å². The molecule has 0 saturated heterocycles. The van der Waals surface area contributed by atoms with Crippen molar-refractivity contribution in [2.45, 2.75) is 20.3 Å². The van der Waals surface area contributed by atoms with Gasteiger partial charge in [-0.1, -0.05) is 37.3 Å². The lowest BCUT2D eigenvalue weighted by Gasteiger charge is -2.08. The van der Waals surface area contributed by atoms with E-state index in [2.05, 4.69) is 5.32 Å². The van der Waals surface area contributed by atoms with Crippen molar-refractivity contribution in [1.82, 2.24) is 4.57 Å². The molecule has 7 heteroatoms. The van der Waals surface area contributed by atoms with Crippen LogP contribution in [0, 0.1) is 22.7 Å². The lowest BCUT2D eigenvalue weighted by molar-refractivity contribution is -0.114. The minimum absolute atomic E-state index is 0.108. The molecule has 3 aromatic rings. The summed E-state index contributed by atoms with van der Waals surface area (Å²) in [5.41, 5.74) is 2.64. The highest BCUT2D eigenvalue weighted by molar-refractivity contribution is 7.07. The van der Waals surface area contributed by atoms with E-state index in [1.54, 1.807) is 30.3 Å². The van der Waals surface area contributed by atoms with Crippen LogP contribution in [0.15, 0.2) is 53.3 Å². The Hall–Kier alpha value is -3.94. The Balaban J connectivity index is 2.27. The molecule has 0 radical (unpaired) electrons. The second-order valence-electron chi connectivity index (χ2n) is 6.44. The summed E-state index contributed by atoms with van der Waals surface area (Å²) in [5, 5.41) is 21.5. The second kappa shape index (κ2) is 9.04. The molecular formula is C23H18N4O2S. The molecule has 1 aromatic heterocycles. The fourth-order valence-electron chi connectivity index (χ4n) is 3.03. The number of hydrogen-bond donors (Lipinski definition) is 1. The highest BCUT2D eigenvalue weighted by Gasteiger charge is 2.13. The first-order valence-electron chi connectivity index (χ1n) is 9.22. The third kappa shape index (κ3) is 4.22. The molecule has 0 atom stereocenters. The van der Waals surface area contributed by atoms with E-state index in [0.717, 1.165) is 22.5 Å². The SMILES string of the molecule is CCc1ccccc1-n1c(=C(C#N)C#N)s/c(=C/c2ccc(NC(C)=O)cc2)c1=O. The second-order valence-corrected chi connectivity index (χ2v) is 7.47. The summed E-state index contributed by atoms with van der Waals surface area (Å²) < 4.78 is 2.17. The molecule has 1 amide bonds. The molecular weight excluding hydrogens is 396 g/mol. The predicted molar refractivity (Wildman–Crippen MR) is 117 cm³/mol. The summed E-state index contributed by atoms with van der Waals surface area (Å²) in [6.07, 6.45) is 2.42. The van der Waals surface area contributed by atoms with Crippen LogP contribution in [-0.2, 0) is 11.2 Å². The fraction of sp³-hybridized carbons (Fsp3) is 0.130. The van der Waals surface area contributed by atoms with Gasteiger partial charge in [-0.25, -0.2) is 0 Å². The maximum Gasteiger partial charge on any atom is 0.273 e. The zero-order valence-corrected chi connectivity index (χ0v) is 17.3. The molecule has 148 valence electrons. The lowest BCUT2D eigenvalue weighted by atomic mass is 10.1. The van der Waals surface area contributed by atoms with Crippen LogP contribution in [0.2, 0.25) is 0 Å². The Morgan fingerprint density at radius 3 is 2.40 bits per heavy atom. The first-order chi connectivity index (χ1) is 14.5. The van der Waals surface area contributed by atoms with E-state index < -0.39 is 0 Å². The third-order valence-corrected chi connectivity index (χ3v) is 5.50. The summed E-state index contributed by atoms with van der Waals surface area (Å²) in [6.45, 7) is 3.42. The molecule has 1 N–H and O–H groups in total. The van der Waals surface area contributed by atoms with E-state index in [1.807, 2.05) is 43.3 Å². The number of amides is 1. The summed E-state index contributed by atoms with van der Waals surface area (Å²) in [7, 11) is 0. The lowest BCUT2D eigenvalue weighted by Crippen LogP contribution is -2.31. The molecule has 0 aliphatic rings. The number of carbonyl (C=O) groups is 1. The maximum atomic E-state index is 13.3. The molecule has 2 aromatic carbocycles. The van der Waals surface area contributed by atoms with Gasteiger partial charge in [0.2, 0.25) is 5.91 Å². The van der Waals surface area contributed by atoms with Crippen LogP contribution in [0.1, 0.15) is 25.0 Å². The van der Waals surface area contributed by atoms with Crippen molar-refractivity contribution < 1.29 is 4.79 Å². The van der Waals surface area contributed by atoms with Gasteiger partial charge in [0.05, 0.1) is 10.2 Å². The van der Waals surface area contributed by atoms with Crippen molar-refractivity contribution in [3.63, 3.8) is 0 Å². The van der Waals surface area contributed by atoms with Gasteiger partial charge >= 0.3 is 0 Å². The van der Waals surface area contributed by atoms with E-state index in [0.29, 0.717) is 27.0 Å². The molecule has 0 bridgehead atoms. The maximum absolute atomic E-state index is 13.3. The Labute approximate surface area is 177 Å². The van der Waals surface area contributed by atoms with Gasteiger partial charge in [-0.2, -0.15) is 10.5 Å². The summed E-state index contributed by atoms with van der Waals surface area (Å²) in [6, 6.07) is 18.3. The molecule has 6 nitrogen and oxygen atoms in total. The number of anilines is 1. The zero-order valence-electron chi connectivity index (χ0n) is 16.5. The first kappa shape index (κ1) is 20.8. The number of benzene rings is 2. The van der Waals surface area contributed by atoms with Gasteiger partial charge in [-0.3, -0.25) is 14.2 Å². The van der Waals surface area contributed by atoms with Gasteiger partial charge in [0.25, 0.3) is 5.56 Å². The number of rotatable bonds is 4. The van der Waals surface area contributed by atoms with Gasteiger partial charge in [-0.15, -0.1) is 11.3 Å².